The summed E-state index contributed by atoms with van der Waals surface area (Å²) >= 11 is 0. The highest BCUT2D eigenvalue weighted by Crippen LogP contribution is 2.27. The van der Waals surface area contributed by atoms with Crippen molar-refractivity contribution in [3.63, 3.8) is 0 Å². The number of amides is 3. The summed E-state index contributed by atoms with van der Waals surface area (Å²) in [5, 5.41) is 15.5. The van der Waals surface area contributed by atoms with Crippen molar-refractivity contribution >= 4 is 17.6 Å². The number of aryl methyl sites for hydroxylation is 1. The van der Waals surface area contributed by atoms with E-state index in [0.29, 0.717) is 6.54 Å². The molecule has 8 nitrogen and oxygen atoms in total. The maximum atomic E-state index is 11.6. The molecule has 8 heteroatoms. The van der Waals surface area contributed by atoms with Crippen molar-refractivity contribution in [1.29, 1.82) is 0 Å². The molecule has 0 bridgehead atoms. The molecule has 0 fully saturated rings. The largest absolute Gasteiger partial charge is 0.477 e. The first-order valence-corrected chi connectivity index (χ1v) is 6.89. The molecule has 0 aromatic heterocycles. The topological polar surface area (TPSA) is 111 Å². The van der Waals surface area contributed by atoms with Gasteiger partial charge in [-0.3, -0.25) is 20.2 Å². The molecule has 3 amide bonds. The second kappa shape index (κ2) is 8.60. The van der Waals surface area contributed by atoms with Crippen LogP contribution in [0.15, 0.2) is 18.2 Å². The molecule has 0 radical (unpaired) electrons. The number of urea groups is 1. The van der Waals surface area contributed by atoms with Gasteiger partial charge in [0.1, 0.15) is 0 Å². The van der Waals surface area contributed by atoms with Crippen LogP contribution in [0.2, 0.25) is 0 Å². The van der Waals surface area contributed by atoms with Crippen molar-refractivity contribution in [2.24, 2.45) is 0 Å². The Labute approximate surface area is 128 Å². The number of benzene rings is 1. The molecule has 22 heavy (non-hydrogen) atoms. The van der Waals surface area contributed by atoms with Crippen LogP contribution in [0.5, 0.6) is 5.75 Å². The molecule has 1 aromatic carbocycles. The number of hydrogen-bond acceptors (Lipinski definition) is 5. The van der Waals surface area contributed by atoms with Crippen molar-refractivity contribution < 1.29 is 19.2 Å². The first-order chi connectivity index (χ1) is 10.4. The van der Waals surface area contributed by atoms with E-state index in [2.05, 4.69) is 10.6 Å². The number of nitro benzene ring substituents is 1. The molecule has 0 aliphatic heterocycles. The molecule has 2 N–H and O–H groups in total. The number of carbonyl (C=O) groups is 2. The Morgan fingerprint density at radius 3 is 2.73 bits per heavy atom. The van der Waals surface area contributed by atoms with Gasteiger partial charge in [-0.05, 0) is 25.0 Å². The van der Waals surface area contributed by atoms with E-state index in [1.807, 2.05) is 6.92 Å². The second-order valence-electron chi connectivity index (χ2n) is 4.67. The lowest BCUT2D eigenvalue weighted by Gasteiger charge is -2.08. The predicted octanol–water partition coefficient (Wildman–Crippen LogP) is 1.91. The maximum absolute atomic E-state index is 11.6. The lowest BCUT2D eigenvalue weighted by atomic mass is 10.2. The van der Waals surface area contributed by atoms with Gasteiger partial charge in [0.2, 0.25) is 0 Å². The third-order valence-corrected chi connectivity index (χ3v) is 2.74. The summed E-state index contributed by atoms with van der Waals surface area (Å²) in [4.78, 5) is 33.2. The molecule has 0 spiro atoms. The normalized spacial score (nSPS) is 9.91. The van der Waals surface area contributed by atoms with Crippen molar-refractivity contribution in [2.75, 3.05) is 13.2 Å². The van der Waals surface area contributed by atoms with Gasteiger partial charge in [-0.2, -0.15) is 0 Å². The van der Waals surface area contributed by atoms with Gasteiger partial charge < -0.3 is 10.1 Å². The van der Waals surface area contributed by atoms with Crippen LogP contribution in [0.1, 0.15) is 25.3 Å². The van der Waals surface area contributed by atoms with E-state index in [0.717, 1.165) is 18.4 Å². The fraction of sp³-hybridized carbons (Fsp3) is 0.429. The van der Waals surface area contributed by atoms with Gasteiger partial charge in [0.15, 0.2) is 12.4 Å². The summed E-state index contributed by atoms with van der Waals surface area (Å²) in [7, 11) is 0. The molecule has 0 unspecified atom stereocenters. The average molecular weight is 309 g/mol. The molecule has 1 rings (SSSR count). The smallest absolute Gasteiger partial charge is 0.321 e. The first kappa shape index (κ1) is 17.4. The molecule has 0 saturated carbocycles. The van der Waals surface area contributed by atoms with Crippen LogP contribution >= 0.6 is 0 Å². The average Bonchev–Trinajstić information content (AvgIpc) is 2.45. The SMILES string of the molecule is CCCCNC(=O)NC(=O)COc1cc(C)ccc1[N+](=O)[O-]. The lowest BCUT2D eigenvalue weighted by Crippen LogP contribution is -2.41. The summed E-state index contributed by atoms with van der Waals surface area (Å²) in [5.74, 6) is -0.684. The van der Waals surface area contributed by atoms with Crippen molar-refractivity contribution in [1.82, 2.24) is 10.6 Å². The van der Waals surface area contributed by atoms with E-state index in [4.69, 9.17) is 4.74 Å². The lowest BCUT2D eigenvalue weighted by molar-refractivity contribution is -0.385. The van der Waals surface area contributed by atoms with Crippen LogP contribution in [0, 0.1) is 17.0 Å². The van der Waals surface area contributed by atoms with Crippen molar-refractivity contribution in [3.8, 4) is 5.75 Å². The van der Waals surface area contributed by atoms with Gasteiger partial charge in [0.05, 0.1) is 4.92 Å². The number of rotatable bonds is 7. The summed E-state index contributed by atoms with van der Waals surface area (Å²) in [5.41, 5.74) is 0.532. The molecular formula is C14H19N3O5. The highest BCUT2D eigenvalue weighted by molar-refractivity contribution is 5.95. The van der Waals surface area contributed by atoms with Crippen molar-refractivity contribution in [2.45, 2.75) is 26.7 Å². The number of nitrogens with zero attached hydrogens (tertiary/aromatic N) is 1. The standard InChI is InChI=1S/C14H19N3O5/c1-3-4-7-15-14(19)16-13(18)9-22-12-8-10(2)5-6-11(12)17(20)21/h5-6,8H,3-4,7,9H2,1-2H3,(H2,15,16,18,19). The van der Waals surface area contributed by atoms with E-state index >= 15 is 0 Å². The van der Waals surface area contributed by atoms with Gasteiger partial charge in [-0.15, -0.1) is 0 Å². The minimum atomic E-state index is -0.676. The zero-order chi connectivity index (χ0) is 16.5. The molecule has 0 aliphatic rings. The van der Waals surface area contributed by atoms with E-state index in [9.17, 15) is 19.7 Å². The summed E-state index contributed by atoms with van der Waals surface area (Å²) < 4.78 is 5.13. The molecule has 0 saturated heterocycles. The number of unbranched alkanes of at least 4 members (excludes halogenated alkanes) is 1. The first-order valence-electron chi connectivity index (χ1n) is 6.89. The van der Waals surface area contributed by atoms with Crippen LogP contribution in [-0.4, -0.2) is 30.0 Å². The number of nitrogens with one attached hydrogen (secondary N) is 2. The van der Waals surface area contributed by atoms with Crippen LogP contribution in [0.4, 0.5) is 10.5 Å². The van der Waals surface area contributed by atoms with Crippen molar-refractivity contribution in [3.05, 3.63) is 33.9 Å². The van der Waals surface area contributed by atoms with Gasteiger partial charge >= 0.3 is 11.7 Å². The molecule has 0 heterocycles. The number of nitro groups is 1. The zero-order valence-electron chi connectivity index (χ0n) is 12.5. The maximum Gasteiger partial charge on any atom is 0.321 e. The Hall–Kier alpha value is -2.64. The molecule has 1 aromatic rings. The highest BCUT2D eigenvalue weighted by Gasteiger charge is 2.16. The van der Waals surface area contributed by atoms with E-state index in [1.165, 1.54) is 12.1 Å². The number of ether oxygens (including phenoxy) is 1. The third kappa shape index (κ3) is 5.78. The summed E-state index contributed by atoms with van der Waals surface area (Å²) in [6.07, 6.45) is 1.74. The Kier molecular flexibility index (Phi) is 6.81. The number of carbonyl (C=O) groups excluding carboxylic acids is 2. The summed E-state index contributed by atoms with van der Waals surface area (Å²) in [6, 6.07) is 3.74. The van der Waals surface area contributed by atoms with Gasteiger partial charge in [-0.25, -0.2) is 4.79 Å². The quantitative estimate of drug-likeness (QED) is 0.454. The fourth-order valence-electron chi connectivity index (χ4n) is 1.62. The third-order valence-electron chi connectivity index (χ3n) is 2.74. The minimum Gasteiger partial charge on any atom is -0.477 e. The predicted molar refractivity (Wildman–Crippen MR) is 79.8 cm³/mol. The minimum absolute atomic E-state index is 0.00783. The second-order valence-corrected chi connectivity index (χ2v) is 4.67. The van der Waals surface area contributed by atoms with E-state index in [1.54, 1.807) is 13.0 Å². The molecule has 120 valence electrons. The van der Waals surface area contributed by atoms with Crippen LogP contribution in [0.3, 0.4) is 0 Å². The number of imide groups is 1. The Morgan fingerprint density at radius 1 is 1.36 bits per heavy atom. The summed E-state index contributed by atoms with van der Waals surface area (Å²) in [6.45, 7) is 3.72. The van der Waals surface area contributed by atoms with E-state index in [-0.39, 0.29) is 11.4 Å². The highest BCUT2D eigenvalue weighted by atomic mass is 16.6. The van der Waals surface area contributed by atoms with Crippen LogP contribution in [0.25, 0.3) is 0 Å². The molecular weight excluding hydrogens is 290 g/mol. The van der Waals surface area contributed by atoms with Crippen LogP contribution in [-0.2, 0) is 4.79 Å². The number of hydrogen-bond donors (Lipinski definition) is 2. The van der Waals surface area contributed by atoms with Gasteiger partial charge in [0.25, 0.3) is 5.91 Å². The monoisotopic (exact) mass is 309 g/mol. The van der Waals surface area contributed by atoms with E-state index < -0.39 is 23.5 Å². The Morgan fingerprint density at radius 2 is 2.09 bits per heavy atom. The molecule has 0 aliphatic carbocycles. The fourth-order valence-corrected chi connectivity index (χ4v) is 1.62. The Balaban J connectivity index is 2.52. The zero-order valence-corrected chi connectivity index (χ0v) is 12.5. The van der Waals surface area contributed by atoms with Crippen LogP contribution < -0.4 is 15.4 Å². The molecule has 0 atom stereocenters. The van der Waals surface area contributed by atoms with Gasteiger partial charge in [-0.1, -0.05) is 19.4 Å². The van der Waals surface area contributed by atoms with Gasteiger partial charge in [0, 0.05) is 12.6 Å². The Bertz CT molecular complexity index is 559.